The van der Waals surface area contributed by atoms with Crippen molar-refractivity contribution in [1.82, 2.24) is 5.32 Å². The summed E-state index contributed by atoms with van der Waals surface area (Å²) in [6.45, 7) is 4.73. The first-order valence-corrected chi connectivity index (χ1v) is 7.87. The van der Waals surface area contributed by atoms with Gasteiger partial charge in [-0.1, -0.05) is 49.4 Å². The number of nitrogens with one attached hydrogen (secondary N) is 1. The van der Waals surface area contributed by atoms with Crippen molar-refractivity contribution in [2.75, 3.05) is 6.54 Å². The molecule has 0 aliphatic heterocycles. The number of ether oxygens (including phenoxy) is 1. The van der Waals surface area contributed by atoms with Crippen LogP contribution in [0.5, 0.6) is 5.75 Å². The summed E-state index contributed by atoms with van der Waals surface area (Å²) < 4.78 is 6.06. The van der Waals surface area contributed by atoms with Gasteiger partial charge >= 0.3 is 0 Å². The normalized spacial score (nSPS) is 14.1. The predicted molar refractivity (Wildman–Crippen MR) is 86.6 cm³/mol. The van der Waals surface area contributed by atoms with E-state index in [2.05, 4.69) is 54.7 Å². The van der Waals surface area contributed by atoms with Crippen LogP contribution < -0.4 is 10.1 Å². The van der Waals surface area contributed by atoms with Gasteiger partial charge in [0.05, 0.1) is 0 Å². The van der Waals surface area contributed by atoms with Gasteiger partial charge in [0.1, 0.15) is 12.4 Å². The molecule has 0 saturated heterocycles. The van der Waals surface area contributed by atoms with Gasteiger partial charge in [-0.3, -0.25) is 0 Å². The van der Waals surface area contributed by atoms with Crippen LogP contribution in [0.25, 0.3) is 0 Å². The zero-order valence-corrected chi connectivity index (χ0v) is 12.6. The highest BCUT2D eigenvalue weighted by atomic mass is 16.5. The Morgan fingerprint density at radius 2 is 1.86 bits per heavy atom. The van der Waals surface area contributed by atoms with E-state index in [4.69, 9.17) is 4.74 Å². The summed E-state index contributed by atoms with van der Waals surface area (Å²) in [6.07, 6.45) is 2.60. The zero-order chi connectivity index (χ0) is 14.5. The van der Waals surface area contributed by atoms with Crippen molar-refractivity contribution in [1.29, 1.82) is 0 Å². The van der Waals surface area contributed by atoms with E-state index in [9.17, 15) is 0 Å². The lowest BCUT2D eigenvalue weighted by Gasteiger charge is -2.13. The van der Waals surface area contributed by atoms with Crippen LogP contribution in [0.15, 0.2) is 48.5 Å². The van der Waals surface area contributed by atoms with Gasteiger partial charge in [0.25, 0.3) is 0 Å². The van der Waals surface area contributed by atoms with E-state index in [1.165, 1.54) is 29.5 Å². The Labute approximate surface area is 127 Å². The molecular weight excluding hydrogens is 258 g/mol. The first-order chi connectivity index (χ1) is 10.4. The molecular formula is C19H23NO. The Hall–Kier alpha value is -1.80. The summed E-state index contributed by atoms with van der Waals surface area (Å²) in [5.41, 5.74) is 3.96. The van der Waals surface area contributed by atoms with Crippen molar-refractivity contribution >= 4 is 0 Å². The topological polar surface area (TPSA) is 21.3 Å². The number of benzene rings is 2. The molecule has 0 atom stereocenters. The molecule has 0 aromatic heterocycles. The maximum atomic E-state index is 6.06. The summed E-state index contributed by atoms with van der Waals surface area (Å²) in [5, 5.41) is 3.39. The molecule has 1 N–H and O–H groups in total. The van der Waals surface area contributed by atoms with Gasteiger partial charge < -0.3 is 10.1 Å². The Bertz CT molecular complexity index is 575. The van der Waals surface area contributed by atoms with Gasteiger partial charge in [0.2, 0.25) is 0 Å². The molecule has 0 unspecified atom stereocenters. The quantitative estimate of drug-likeness (QED) is 0.819. The monoisotopic (exact) mass is 281 g/mol. The van der Waals surface area contributed by atoms with E-state index in [0.717, 1.165) is 18.8 Å². The summed E-state index contributed by atoms with van der Waals surface area (Å²) in [7, 11) is 0. The third kappa shape index (κ3) is 3.85. The fourth-order valence-electron chi connectivity index (χ4n) is 2.56. The second-order valence-corrected chi connectivity index (χ2v) is 5.70. The molecule has 0 bridgehead atoms. The van der Waals surface area contributed by atoms with Crippen molar-refractivity contribution in [3.63, 3.8) is 0 Å². The third-order valence-corrected chi connectivity index (χ3v) is 3.91. The zero-order valence-electron chi connectivity index (χ0n) is 12.6. The molecule has 2 aromatic rings. The third-order valence-electron chi connectivity index (χ3n) is 3.91. The molecule has 3 rings (SSSR count). The van der Waals surface area contributed by atoms with Crippen molar-refractivity contribution in [3.05, 3.63) is 65.2 Å². The van der Waals surface area contributed by atoms with Crippen LogP contribution >= 0.6 is 0 Å². The lowest BCUT2D eigenvalue weighted by Crippen LogP contribution is -2.12. The van der Waals surface area contributed by atoms with E-state index in [1.54, 1.807) is 0 Å². The van der Waals surface area contributed by atoms with E-state index in [1.807, 2.05) is 6.07 Å². The summed E-state index contributed by atoms with van der Waals surface area (Å²) in [4.78, 5) is 0. The standard InChI is InChI=1S/C19H23NO/c1-2-20-13-16-8-11-19(18(12-16)17-9-10-17)21-14-15-6-4-3-5-7-15/h3-8,11-12,17,20H,2,9-10,13-14H2,1H3. The predicted octanol–water partition coefficient (Wildman–Crippen LogP) is 4.25. The molecule has 21 heavy (non-hydrogen) atoms. The summed E-state index contributed by atoms with van der Waals surface area (Å²) in [5.74, 6) is 1.76. The molecule has 2 aromatic carbocycles. The van der Waals surface area contributed by atoms with E-state index >= 15 is 0 Å². The maximum absolute atomic E-state index is 6.06. The summed E-state index contributed by atoms with van der Waals surface area (Å²) in [6, 6.07) is 17.0. The molecule has 0 heterocycles. The minimum absolute atomic E-state index is 0.646. The van der Waals surface area contributed by atoms with E-state index in [0.29, 0.717) is 12.5 Å². The van der Waals surface area contributed by atoms with Gasteiger partial charge in [0.15, 0.2) is 0 Å². The van der Waals surface area contributed by atoms with Gasteiger partial charge in [-0.15, -0.1) is 0 Å². The SMILES string of the molecule is CCNCc1ccc(OCc2ccccc2)c(C2CC2)c1. The first kappa shape index (κ1) is 14.2. The molecule has 0 amide bonds. The number of hydrogen-bond acceptors (Lipinski definition) is 2. The lowest BCUT2D eigenvalue weighted by molar-refractivity contribution is 0.303. The van der Waals surface area contributed by atoms with Gasteiger partial charge in [-0.2, -0.15) is 0 Å². The highest BCUT2D eigenvalue weighted by molar-refractivity contribution is 5.42. The Morgan fingerprint density at radius 1 is 1.05 bits per heavy atom. The molecule has 0 spiro atoms. The second-order valence-electron chi connectivity index (χ2n) is 5.70. The molecule has 2 nitrogen and oxygen atoms in total. The fourth-order valence-corrected chi connectivity index (χ4v) is 2.56. The maximum Gasteiger partial charge on any atom is 0.123 e. The van der Waals surface area contributed by atoms with Crippen molar-refractivity contribution in [3.8, 4) is 5.75 Å². The largest absolute Gasteiger partial charge is 0.489 e. The molecule has 110 valence electrons. The van der Waals surface area contributed by atoms with Crippen LogP contribution in [0.4, 0.5) is 0 Å². The molecule has 1 aliphatic carbocycles. The second kappa shape index (κ2) is 6.77. The Morgan fingerprint density at radius 3 is 2.57 bits per heavy atom. The van der Waals surface area contributed by atoms with E-state index < -0.39 is 0 Å². The highest BCUT2D eigenvalue weighted by Crippen LogP contribution is 2.44. The van der Waals surface area contributed by atoms with Crippen LogP contribution in [0.3, 0.4) is 0 Å². The van der Waals surface area contributed by atoms with Crippen LogP contribution in [0.1, 0.15) is 42.4 Å². The van der Waals surface area contributed by atoms with Gasteiger partial charge in [-0.25, -0.2) is 0 Å². The minimum atomic E-state index is 0.646. The Kier molecular flexibility index (Phi) is 4.56. The van der Waals surface area contributed by atoms with Crippen LogP contribution in [-0.2, 0) is 13.2 Å². The molecule has 2 heteroatoms. The highest BCUT2D eigenvalue weighted by Gasteiger charge is 2.27. The lowest BCUT2D eigenvalue weighted by atomic mass is 10.1. The van der Waals surface area contributed by atoms with Crippen LogP contribution in [-0.4, -0.2) is 6.54 Å². The average molecular weight is 281 g/mol. The molecule has 0 radical (unpaired) electrons. The smallest absolute Gasteiger partial charge is 0.123 e. The first-order valence-electron chi connectivity index (χ1n) is 7.87. The fraction of sp³-hybridized carbons (Fsp3) is 0.368. The van der Waals surface area contributed by atoms with Crippen LogP contribution in [0.2, 0.25) is 0 Å². The number of hydrogen-bond donors (Lipinski definition) is 1. The average Bonchev–Trinajstić information content (AvgIpc) is 3.37. The van der Waals surface area contributed by atoms with Crippen molar-refractivity contribution in [2.45, 2.75) is 38.8 Å². The van der Waals surface area contributed by atoms with E-state index in [-0.39, 0.29) is 0 Å². The van der Waals surface area contributed by atoms with Gasteiger partial charge in [0, 0.05) is 6.54 Å². The molecule has 1 saturated carbocycles. The number of rotatable bonds is 7. The van der Waals surface area contributed by atoms with Crippen molar-refractivity contribution in [2.24, 2.45) is 0 Å². The van der Waals surface area contributed by atoms with Gasteiger partial charge in [-0.05, 0) is 48.1 Å². The minimum Gasteiger partial charge on any atom is -0.489 e. The van der Waals surface area contributed by atoms with Crippen LogP contribution in [0, 0.1) is 0 Å². The Balaban J connectivity index is 1.71. The molecule has 1 aliphatic rings. The molecule has 1 fully saturated rings. The summed E-state index contributed by atoms with van der Waals surface area (Å²) >= 11 is 0. The van der Waals surface area contributed by atoms with Crippen molar-refractivity contribution < 1.29 is 4.74 Å².